The number of aromatic nitrogens is 2. The third kappa shape index (κ3) is 3.50. The van der Waals surface area contributed by atoms with Crippen LogP contribution < -0.4 is 15.0 Å². The Bertz CT molecular complexity index is 1260. The van der Waals surface area contributed by atoms with Crippen molar-refractivity contribution in [1.82, 2.24) is 14.9 Å². The molecule has 1 aliphatic heterocycles. The van der Waals surface area contributed by atoms with Gasteiger partial charge in [0.05, 0.1) is 24.5 Å². The number of thiocarbonyl (C=S) groups is 1. The molecule has 5 rings (SSSR count). The summed E-state index contributed by atoms with van der Waals surface area (Å²) in [6.45, 7) is 0. The Morgan fingerprint density at radius 2 is 1.84 bits per heavy atom. The van der Waals surface area contributed by atoms with Crippen molar-refractivity contribution in [2.45, 2.75) is 12.1 Å². The number of para-hydroxylation sites is 2. The van der Waals surface area contributed by atoms with Crippen LogP contribution in [0.5, 0.6) is 5.75 Å². The van der Waals surface area contributed by atoms with Crippen molar-refractivity contribution >= 4 is 23.0 Å². The van der Waals surface area contributed by atoms with E-state index >= 15 is 0 Å². The summed E-state index contributed by atoms with van der Waals surface area (Å²) in [5.41, 5.74) is 3.40. The van der Waals surface area contributed by atoms with E-state index in [1.165, 1.54) is 12.1 Å². The van der Waals surface area contributed by atoms with Gasteiger partial charge in [0.2, 0.25) is 0 Å². The summed E-state index contributed by atoms with van der Waals surface area (Å²) in [7, 11) is 1.64. The molecule has 0 unspecified atom stereocenters. The number of ether oxygens (including phenoxy) is 1. The Balaban J connectivity index is 1.70. The number of halogens is 1. The van der Waals surface area contributed by atoms with Gasteiger partial charge in [0.1, 0.15) is 17.6 Å². The predicted molar refractivity (Wildman–Crippen MR) is 127 cm³/mol. The van der Waals surface area contributed by atoms with Crippen molar-refractivity contribution < 1.29 is 9.13 Å². The van der Waals surface area contributed by atoms with E-state index in [-0.39, 0.29) is 17.9 Å². The highest BCUT2D eigenvalue weighted by molar-refractivity contribution is 7.80. The van der Waals surface area contributed by atoms with Crippen molar-refractivity contribution in [2.75, 3.05) is 12.0 Å². The van der Waals surface area contributed by atoms with Crippen LogP contribution in [0.2, 0.25) is 0 Å². The molecule has 0 spiro atoms. The highest BCUT2D eigenvalue weighted by Crippen LogP contribution is 2.44. The predicted octanol–water partition coefficient (Wildman–Crippen LogP) is 5.20. The van der Waals surface area contributed by atoms with Gasteiger partial charge in [-0.25, -0.2) is 4.39 Å². The molecule has 7 heteroatoms. The second-order valence-electron chi connectivity index (χ2n) is 7.45. The standard InChI is InChI=1S/C25H21FN4OS/c1-31-22-13-3-2-11-20(22)30-24(23(28-25(30)32)19-10-4-5-14-27-19)21-12-7-15-29(21)18-9-6-8-17(26)16-18/h2-16,23-24H,1H3,(H,28,32)/t23-,24-/m1/s1. The fourth-order valence-corrected chi connectivity index (χ4v) is 4.58. The number of anilines is 1. The van der Waals surface area contributed by atoms with Crippen LogP contribution in [0, 0.1) is 5.82 Å². The third-order valence-electron chi connectivity index (χ3n) is 5.61. The fourth-order valence-electron chi connectivity index (χ4n) is 4.24. The molecule has 0 amide bonds. The molecule has 2 atom stereocenters. The van der Waals surface area contributed by atoms with Gasteiger partial charge >= 0.3 is 0 Å². The first-order chi connectivity index (χ1) is 15.7. The van der Waals surface area contributed by atoms with Crippen LogP contribution in [0.1, 0.15) is 23.5 Å². The summed E-state index contributed by atoms with van der Waals surface area (Å²) in [6, 6.07) is 23.7. The summed E-state index contributed by atoms with van der Waals surface area (Å²) in [4.78, 5) is 6.65. The molecular formula is C25H21FN4OS. The molecule has 0 radical (unpaired) electrons. The van der Waals surface area contributed by atoms with Crippen LogP contribution in [-0.4, -0.2) is 21.8 Å². The van der Waals surface area contributed by atoms with E-state index in [1.54, 1.807) is 19.4 Å². The van der Waals surface area contributed by atoms with Gasteiger partial charge < -0.3 is 19.5 Å². The van der Waals surface area contributed by atoms with E-state index in [0.29, 0.717) is 10.9 Å². The minimum atomic E-state index is -0.287. The quantitative estimate of drug-likeness (QED) is 0.429. The van der Waals surface area contributed by atoms with Crippen molar-refractivity contribution in [3.8, 4) is 11.4 Å². The van der Waals surface area contributed by atoms with Crippen molar-refractivity contribution in [1.29, 1.82) is 0 Å². The molecule has 1 saturated heterocycles. The summed E-state index contributed by atoms with van der Waals surface area (Å²) in [5.74, 6) is 0.428. The maximum atomic E-state index is 14.0. The molecule has 0 aliphatic carbocycles. The lowest BCUT2D eigenvalue weighted by molar-refractivity contribution is 0.414. The second kappa shape index (κ2) is 8.43. The van der Waals surface area contributed by atoms with Gasteiger partial charge in [-0.3, -0.25) is 4.98 Å². The van der Waals surface area contributed by atoms with E-state index in [9.17, 15) is 4.39 Å². The smallest absolute Gasteiger partial charge is 0.174 e. The number of methoxy groups -OCH3 is 1. The zero-order valence-corrected chi connectivity index (χ0v) is 18.2. The lowest BCUT2D eigenvalue weighted by Crippen LogP contribution is -2.30. The number of nitrogens with one attached hydrogen (secondary N) is 1. The molecule has 5 nitrogen and oxygen atoms in total. The van der Waals surface area contributed by atoms with E-state index in [0.717, 1.165) is 22.8 Å². The van der Waals surface area contributed by atoms with E-state index in [4.69, 9.17) is 17.0 Å². The van der Waals surface area contributed by atoms with E-state index < -0.39 is 0 Å². The van der Waals surface area contributed by atoms with Gasteiger partial charge in [0, 0.05) is 23.8 Å². The fraction of sp³-hybridized carbons (Fsp3) is 0.120. The Labute approximate surface area is 191 Å². The summed E-state index contributed by atoms with van der Waals surface area (Å²) in [5, 5.41) is 4.02. The number of pyridine rings is 1. The summed E-state index contributed by atoms with van der Waals surface area (Å²) >= 11 is 5.80. The molecular weight excluding hydrogens is 423 g/mol. The average Bonchev–Trinajstić information content (AvgIpc) is 3.44. The normalized spacial score (nSPS) is 17.9. The van der Waals surface area contributed by atoms with Crippen molar-refractivity contribution in [3.63, 3.8) is 0 Å². The highest BCUT2D eigenvalue weighted by Gasteiger charge is 2.43. The minimum Gasteiger partial charge on any atom is -0.495 e. The van der Waals surface area contributed by atoms with Crippen LogP contribution >= 0.6 is 12.2 Å². The maximum absolute atomic E-state index is 14.0. The maximum Gasteiger partial charge on any atom is 0.174 e. The topological polar surface area (TPSA) is 42.3 Å². The van der Waals surface area contributed by atoms with Gasteiger partial charge in [-0.1, -0.05) is 24.3 Å². The first-order valence-corrected chi connectivity index (χ1v) is 10.6. The number of rotatable bonds is 5. The zero-order chi connectivity index (χ0) is 22.1. The minimum absolute atomic E-state index is 0.212. The summed E-state index contributed by atoms with van der Waals surface area (Å²) in [6.07, 6.45) is 3.70. The van der Waals surface area contributed by atoms with Crippen molar-refractivity contribution in [3.05, 3.63) is 108 Å². The Kier molecular flexibility index (Phi) is 5.33. The van der Waals surface area contributed by atoms with E-state index in [2.05, 4.69) is 15.2 Å². The van der Waals surface area contributed by atoms with Crippen LogP contribution in [-0.2, 0) is 0 Å². The largest absolute Gasteiger partial charge is 0.495 e. The van der Waals surface area contributed by atoms with Crippen molar-refractivity contribution in [2.24, 2.45) is 0 Å². The molecule has 1 aliphatic rings. The Morgan fingerprint density at radius 3 is 2.62 bits per heavy atom. The van der Waals surface area contributed by atoms with Crippen LogP contribution in [0.15, 0.2) is 91.3 Å². The van der Waals surface area contributed by atoms with Gasteiger partial charge in [-0.15, -0.1) is 0 Å². The molecule has 1 fully saturated rings. The molecule has 3 heterocycles. The first-order valence-electron chi connectivity index (χ1n) is 10.2. The molecule has 32 heavy (non-hydrogen) atoms. The van der Waals surface area contributed by atoms with Crippen LogP contribution in [0.3, 0.4) is 0 Å². The zero-order valence-electron chi connectivity index (χ0n) is 17.4. The molecule has 0 saturated carbocycles. The lowest BCUT2D eigenvalue weighted by Gasteiger charge is -2.29. The molecule has 160 valence electrons. The first kappa shape index (κ1) is 20.2. The summed E-state index contributed by atoms with van der Waals surface area (Å²) < 4.78 is 21.7. The SMILES string of the molecule is COc1ccccc1N1C(=S)N[C@H](c2ccccn2)[C@H]1c1cccn1-c1cccc(F)c1. The van der Waals surface area contributed by atoms with Gasteiger partial charge in [-0.05, 0) is 66.8 Å². The number of hydrogen-bond acceptors (Lipinski definition) is 3. The Hall–Kier alpha value is -3.71. The average molecular weight is 445 g/mol. The number of nitrogens with zero attached hydrogens (tertiary/aromatic N) is 3. The molecule has 4 aromatic rings. The van der Waals surface area contributed by atoms with Crippen LogP contribution in [0.4, 0.5) is 10.1 Å². The van der Waals surface area contributed by atoms with Gasteiger partial charge in [0.25, 0.3) is 0 Å². The highest BCUT2D eigenvalue weighted by atomic mass is 32.1. The van der Waals surface area contributed by atoms with E-state index in [1.807, 2.05) is 71.4 Å². The van der Waals surface area contributed by atoms with Gasteiger partial charge in [0.15, 0.2) is 5.11 Å². The monoisotopic (exact) mass is 444 g/mol. The molecule has 1 N–H and O–H groups in total. The number of benzene rings is 2. The van der Waals surface area contributed by atoms with Gasteiger partial charge in [-0.2, -0.15) is 0 Å². The molecule has 2 aromatic carbocycles. The lowest BCUT2D eigenvalue weighted by atomic mass is 10.0. The second-order valence-corrected chi connectivity index (χ2v) is 7.84. The molecule has 2 aromatic heterocycles. The third-order valence-corrected chi connectivity index (χ3v) is 5.93. The molecule has 0 bridgehead atoms. The van der Waals surface area contributed by atoms with Crippen LogP contribution in [0.25, 0.3) is 5.69 Å². The Morgan fingerprint density at radius 1 is 1.00 bits per heavy atom. The number of hydrogen-bond donors (Lipinski definition) is 1.